The minimum Gasteiger partial charge on any atom is -0.325 e. The molecule has 3 amide bonds. The van der Waals surface area contributed by atoms with Crippen molar-refractivity contribution in [3.05, 3.63) is 129 Å². The van der Waals surface area contributed by atoms with E-state index in [2.05, 4.69) is 16.0 Å². The summed E-state index contributed by atoms with van der Waals surface area (Å²) in [7, 11) is 0. The summed E-state index contributed by atoms with van der Waals surface area (Å²) in [4.78, 5) is 40.1. The fourth-order valence-electron chi connectivity index (χ4n) is 4.00. The molecule has 0 aliphatic carbocycles. The lowest BCUT2D eigenvalue weighted by Gasteiger charge is -2.16. The first kappa shape index (κ1) is 30.9. The Labute approximate surface area is 259 Å². The van der Waals surface area contributed by atoms with Crippen molar-refractivity contribution in [2.75, 3.05) is 10.6 Å². The fourth-order valence-corrected chi connectivity index (χ4v) is 5.31. The van der Waals surface area contributed by atoms with E-state index in [1.165, 1.54) is 11.8 Å². The highest BCUT2D eigenvalue weighted by Gasteiger charge is 2.20. The molecule has 214 valence electrons. The van der Waals surface area contributed by atoms with Crippen molar-refractivity contribution in [3.8, 4) is 0 Å². The Kier molecular flexibility index (Phi) is 10.8. The van der Waals surface area contributed by atoms with Gasteiger partial charge in [-0.1, -0.05) is 84.2 Å². The van der Waals surface area contributed by atoms with E-state index in [0.29, 0.717) is 33.4 Å². The van der Waals surface area contributed by atoms with Gasteiger partial charge in [0.2, 0.25) is 5.91 Å². The zero-order valence-electron chi connectivity index (χ0n) is 23.0. The van der Waals surface area contributed by atoms with Crippen LogP contribution >= 0.6 is 35.0 Å². The Balaban J connectivity index is 1.50. The lowest BCUT2D eigenvalue weighted by molar-refractivity contribution is -0.116. The van der Waals surface area contributed by atoms with Crippen molar-refractivity contribution >= 4 is 70.1 Å². The summed E-state index contributed by atoms with van der Waals surface area (Å²) < 4.78 is 0. The SMILES string of the molecule is CCC(Sc1cccc(NC(=O)/C(=C\c2cccc(C)c2)NC(=O)c2ccccc2)c1)C(=O)Nc1ccc(Cl)c(Cl)c1. The number of halogens is 2. The molecule has 4 aromatic rings. The second kappa shape index (κ2) is 14.7. The smallest absolute Gasteiger partial charge is 0.272 e. The summed E-state index contributed by atoms with van der Waals surface area (Å²) in [5.41, 5.74) is 3.41. The zero-order chi connectivity index (χ0) is 30.1. The number of nitrogens with one attached hydrogen (secondary N) is 3. The van der Waals surface area contributed by atoms with E-state index in [1.807, 2.05) is 50.2 Å². The number of rotatable bonds is 10. The van der Waals surface area contributed by atoms with Gasteiger partial charge in [-0.05, 0) is 73.5 Å². The number of carbonyl (C=O) groups excluding carboxylic acids is 3. The third kappa shape index (κ3) is 8.73. The Morgan fingerprint density at radius 3 is 2.26 bits per heavy atom. The molecular formula is C33H29Cl2N3O3S. The molecule has 3 N–H and O–H groups in total. The number of aryl methyl sites for hydroxylation is 1. The van der Waals surface area contributed by atoms with Gasteiger partial charge in [0.1, 0.15) is 5.70 Å². The summed E-state index contributed by atoms with van der Waals surface area (Å²) in [6.07, 6.45) is 2.21. The average Bonchev–Trinajstić information content (AvgIpc) is 2.98. The molecule has 0 saturated carbocycles. The van der Waals surface area contributed by atoms with E-state index < -0.39 is 17.1 Å². The van der Waals surface area contributed by atoms with Gasteiger partial charge in [0, 0.05) is 21.8 Å². The number of benzene rings is 4. The maximum atomic E-state index is 13.4. The topological polar surface area (TPSA) is 87.3 Å². The lowest BCUT2D eigenvalue weighted by atomic mass is 10.1. The van der Waals surface area contributed by atoms with Crippen LogP contribution in [0.15, 0.2) is 108 Å². The third-order valence-electron chi connectivity index (χ3n) is 6.10. The molecule has 0 radical (unpaired) electrons. The summed E-state index contributed by atoms with van der Waals surface area (Å²) in [6.45, 7) is 3.88. The number of hydrogen-bond acceptors (Lipinski definition) is 4. The van der Waals surface area contributed by atoms with Gasteiger partial charge in [-0.3, -0.25) is 14.4 Å². The molecule has 4 rings (SSSR count). The highest BCUT2D eigenvalue weighted by molar-refractivity contribution is 8.00. The van der Waals surface area contributed by atoms with E-state index in [1.54, 1.807) is 66.7 Å². The second-order valence-electron chi connectivity index (χ2n) is 9.41. The first-order valence-corrected chi connectivity index (χ1v) is 14.8. The van der Waals surface area contributed by atoms with E-state index >= 15 is 0 Å². The van der Waals surface area contributed by atoms with Gasteiger partial charge in [-0.25, -0.2) is 0 Å². The third-order valence-corrected chi connectivity index (χ3v) is 8.20. The first-order valence-electron chi connectivity index (χ1n) is 13.2. The Hall–Kier alpha value is -4.04. The minimum atomic E-state index is -0.479. The molecule has 0 saturated heterocycles. The Morgan fingerprint density at radius 2 is 1.55 bits per heavy atom. The number of hydrogen-bond donors (Lipinski definition) is 3. The van der Waals surface area contributed by atoms with Crippen molar-refractivity contribution in [2.45, 2.75) is 30.4 Å². The largest absolute Gasteiger partial charge is 0.325 e. The molecule has 0 aliphatic rings. The van der Waals surface area contributed by atoms with Crippen LogP contribution < -0.4 is 16.0 Å². The van der Waals surface area contributed by atoms with Crippen LogP contribution in [0.2, 0.25) is 10.0 Å². The molecule has 9 heteroatoms. The van der Waals surface area contributed by atoms with E-state index in [9.17, 15) is 14.4 Å². The number of anilines is 2. The van der Waals surface area contributed by atoms with Crippen molar-refractivity contribution in [1.29, 1.82) is 0 Å². The van der Waals surface area contributed by atoms with Crippen LogP contribution in [0.1, 0.15) is 34.8 Å². The standard InChI is InChI=1S/C33H29Cl2N3O3S/c1-3-30(33(41)37-25-15-16-27(34)28(35)20-25)42-26-14-8-13-24(19-26)36-32(40)29(18-22-10-7-9-21(2)17-22)38-31(39)23-11-5-4-6-12-23/h4-20,30H,3H2,1-2H3,(H,36,40)(H,37,41)(H,38,39)/b29-18+. The highest BCUT2D eigenvalue weighted by Crippen LogP contribution is 2.30. The monoisotopic (exact) mass is 617 g/mol. The van der Waals surface area contributed by atoms with E-state index in [0.717, 1.165) is 16.0 Å². The predicted molar refractivity (Wildman–Crippen MR) is 173 cm³/mol. The molecule has 0 bridgehead atoms. The molecule has 1 atom stereocenters. The lowest BCUT2D eigenvalue weighted by Crippen LogP contribution is -2.30. The fraction of sp³-hybridized carbons (Fsp3) is 0.121. The van der Waals surface area contributed by atoms with Crippen LogP contribution in [0.4, 0.5) is 11.4 Å². The maximum Gasteiger partial charge on any atom is 0.272 e. The summed E-state index contributed by atoms with van der Waals surface area (Å²) in [5, 5.41) is 8.89. The van der Waals surface area contributed by atoms with Crippen molar-refractivity contribution in [2.24, 2.45) is 0 Å². The van der Waals surface area contributed by atoms with Crippen molar-refractivity contribution in [1.82, 2.24) is 5.32 Å². The van der Waals surface area contributed by atoms with Gasteiger partial charge >= 0.3 is 0 Å². The Morgan fingerprint density at radius 1 is 0.810 bits per heavy atom. The van der Waals surface area contributed by atoms with Crippen LogP contribution in [-0.2, 0) is 9.59 Å². The first-order chi connectivity index (χ1) is 20.2. The number of amides is 3. The normalized spacial score (nSPS) is 11.9. The molecule has 0 fully saturated rings. The van der Waals surface area contributed by atoms with Gasteiger partial charge < -0.3 is 16.0 Å². The molecule has 1 unspecified atom stereocenters. The molecule has 0 aliphatic heterocycles. The quantitative estimate of drug-likeness (QED) is 0.124. The maximum absolute atomic E-state index is 13.4. The second-order valence-corrected chi connectivity index (χ2v) is 11.5. The Bertz CT molecular complexity index is 1630. The minimum absolute atomic E-state index is 0.0972. The molecule has 42 heavy (non-hydrogen) atoms. The summed E-state index contributed by atoms with van der Waals surface area (Å²) in [6, 6.07) is 28.5. The summed E-state index contributed by atoms with van der Waals surface area (Å²) in [5.74, 6) is -1.05. The van der Waals surface area contributed by atoms with Crippen molar-refractivity contribution in [3.63, 3.8) is 0 Å². The van der Waals surface area contributed by atoms with E-state index in [4.69, 9.17) is 23.2 Å². The molecule has 6 nitrogen and oxygen atoms in total. The molecule has 4 aromatic carbocycles. The van der Waals surface area contributed by atoms with Crippen LogP contribution in [-0.4, -0.2) is 23.0 Å². The number of thioether (sulfide) groups is 1. The van der Waals surface area contributed by atoms with Crippen LogP contribution in [0.5, 0.6) is 0 Å². The van der Waals surface area contributed by atoms with Gasteiger partial charge in [-0.15, -0.1) is 11.8 Å². The van der Waals surface area contributed by atoms with Gasteiger partial charge in [0.05, 0.1) is 15.3 Å². The molecule has 0 spiro atoms. The molecule has 0 heterocycles. The van der Waals surface area contributed by atoms with Crippen LogP contribution in [0.3, 0.4) is 0 Å². The van der Waals surface area contributed by atoms with Gasteiger partial charge in [0.15, 0.2) is 0 Å². The average molecular weight is 619 g/mol. The molecular weight excluding hydrogens is 589 g/mol. The van der Waals surface area contributed by atoms with Gasteiger partial charge in [0.25, 0.3) is 11.8 Å². The van der Waals surface area contributed by atoms with Gasteiger partial charge in [-0.2, -0.15) is 0 Å². The highest BCUT2D eigenvalue weighted by atomic mass is 35.5. The van der Waals surface area contributed by atoms with E-state index in [-0.39, 0.29) is 11.6 Å². The van der Waals surface area contributed by atoms with Crippen LogP contribution in [0, 0.1) is 6.92 Å². The zero-order valence-corrected chi connectivity index (χ0v) is 25.3. The molecule has 0 aromatic heterocycles. The summed E-state index contributed by atoms with van der Waals surface area (Å²) >= 11 is 13.4. The number of carbonyl (C=O) groups is 3. The van der Waals surface area contributed by atoms with Crippen molar-refractivity contribution < 1.29 is 14.4 Å². The predicted octanol–water partition coefficient (Wildman–Crippen LogP) is 8.22. The van der Waals surface area contributed by atoms with Crippen LogP contribution in [0.25, 0.3) is 6.08 Å².